The lowest BCUT2D eigenvalue weighted by Gasteiger charge is -2.30. The summed E-state index contributed by atoms with van der Waals surface area (Å²) in [5.41, 5.74) is 0.889. The number of hydrogen-bond acceptors (Lipinski definition) is 5. The summed E-state index contributed by atoms with van der Waals surface area (Å²) < 4.78 is 22.0. The van der Waals surface area contributed by atoms with Crippen LogP contribution in [0.25, 0.3) is 0 Å². The Balaban J connectivity index is 1.36. The Morgan fingerprint density at radius 2 is 1.88 bits per heavy atom. The van der Waals surface area contributed by atoms with Gasteiger partial charge in [-0.15, -0.1) is 10.2 Å². The number of rotatable bonds is 9. The number of aliphatic hydroxyl groups is 1. The number of fused-ring (bicyclic) bond motifs is 2. The van der Waals surface area contributed by atoms with Crippen molar-refractivity contribution < 1.29 is 14.2 Å². The summed E-state index contributed by atoms with van der Waals surface area (Å²) in [4.78, 5) is 0. The fourth-order valence-corrected chi connectivity index (χ4v) is 6.63. The first-order valence-electron chi connectivity index (χ1n) is 11.8. The minimum absolute atomic E-state index is 0.154. The van der Waals surface area contributed by atoms with Gasteiger partial charge in [-0.2, -0.15) is 0 Å². The average molecular weight is 468 g/mol. The summed E-state index contributed by atoms with van der Waals surface area (Å²) >= 11 is 1.51. The standard InChI is InChI=1S/C26H30FN3O2S/c1-17(21-14-18-11-12-20(21)13-18)30-25(15-32-24-10-6-5-9-22(24)27)28-29-26(30)33-16-23(31)19-7-3-2-4-8-19/h2-10,17-18,20-21,23,31H,11-16H2,1H3/t17-,18+,20+,21+,23-/m0/s1. The number of para-hydroxylation sites is 1. The van der Waals surface area contributed by atoms with Gasteiger partial charge in [0.1, 0.15) is 6.61 Å². The van der Waals surface area contributed by atoms with E-state index < -0.39 is 6.10 Å². The van der Waals surface area contributed by atoms with Crippen LogP contribution in [0.1, 0.15) is 56.1 Å². The number of aliphatic hydroxyl groups excluding tert-OH is 1. The van der Waals surface area contributed by atoms with Gasteiger partial charge in [0.25, 0.3) is 0 Å². The van der Waals surface area contributed by atoms with Crippen LogP contribution in [0.5, 0.6) is 5.75 Å². The minimum Gasteiger partial charge on any atom is -0.483 e. The van der Waals surface area contributed by atoms with E-state index >= 15 is 0 Å². The van der Waals surface area contributed by atoms with E-state index in [1.807, 2.05) is 30.3 Å². The van der Waals surface area contributed by atoms with Crippen molar-refractivity contribution in [1.29, 1.82) is 0 Å². The molecule has 5 rings (SSSR count). The van der Waals surface area contributed by atoms with Gasteiger partial charge in [-0.25, -0.2) is 4.39 Å². The molecule has 0 saturated heterocycles. The van der Waals surface area contributed by atoms with Crippen LogP contribution in [-0.4, -0.2) is 25.6 Å². The van der Waals surface area contributed by atoms with Crippen molar-refractivity contribution in [3.05, 3.63) is 71.8 Å². The zero-order valence-corrected chi connectivity index (χ0v) is 19.6. The number of nitrogens with zero attached hydrogens (tertiary/aromatic N) is 3. The summed E-state index contributed by atoms with van der Waals surface area (Å²) in [7, 11) is 0. The first-order valence-corrected chi connectivity index (χ1v) is 12.8. The van der Waals surface area contributed by atoms with Gasteiger partial charge in [-0.1, -0.05) is 60.6 Å². The maximum absolute atomic E-state index is 14.1. The van der Waals surface area contributed by atoms with Gasteiger partial charge in [0, 0.05) is 11.8 Å². The molecular weight excluding hydrogens is 437 g/mol. The first-order chi connectivity index (χ1) is 16.1. The zero-order chi connectivity index (χ0) is 22.8. The Bertz CT molecular complexity index is 1080. The third-order valence-corrected chi connectivity index (χ3v) is 8.32. The molecule has 0 amide bonds. The molecular formula is C26H30FN3O2S. The molecule has 2 aromatic carbocycles. The molecule has 2 aliphatic carbocycles. The van der Waals surface area contributed by atoms with Crippen LogP contribution < -0.4 is 4.74 Å². The molecule has 1 aromatic heterocycles. The first kappa shape index (κ1) is 22.4. The van der Waals surface area contributed by atoms with Crippen LogP contribution in [-0.2, 0) is 6.61 Å². The Kier molecular flexibility index (Phi) is 6.69. The largest absolute Gasteiger partial charge is 0.483 e. The van der Waals surface area contributed by atoms with E-state index in [1.54, 1.807) is 18.2 Å². The smallest absolute Gasteiger partial charge is 0.191 e. The van der Waals surface area contributed by atoms with Gasteiger partial charge < -0.3 is 9.84 Å². The number of benzene rings is 2. The summed E-state index contributed by atoms with van der Waals surface area (Å²) in [5.74, 6) is 3.20. The van der Waals surface area contributed by atoms with E-state index in [0.29, 0.717) is 17.5 Å². The van der Waals surface area contributed by atoms with Gasteiger partial charge in [-0.05, 0) is 61.6 Å². The molecule has 0 aliphatic heterocycles. The molecule has 0 radical (unpaired) electrons. The monoisotopic (exact) mass is 467 g/mol. The fourth-order valence-electron chi connectivity index (χ4n) is 5.62. The second kappa shape index (κ2) is 9.85. The van der Waals surface area contributed by atoms with Crippen molar-refractivity contribution in [3.63, 3.8) is 0 Å². The Morgan fingerprint density at radius 1 is 1.09 bits per heavy atom. The third-order valence-electron chi connectivity index (χ3n) is 7.30. The molecule has 1 N–H and O–H groups in total. The van der Waals surface area contributed by atoms with Crippen molar-refractivity contribution in [2.24, 2.45) is 17.8 Å². The van der Waals surface area contributed by atoms with Gasteiger partial charge in [0.2, 0.25) is 0 Å². The second-order valence-electron chi connectivity index (χ2n) is 9.30. The Morgan fingerprint density at radius 3 is 2.61 bits per heavy atom. The molecule has 33 heavy (non-hydrogen) atoms. The van der Waals surface area contributed by atoms with Crippen LogP contribution in [0.4, 0.5) is 4.39 Å². The SMILES string of the molecule is C[C@@H]([C@H]1C[C@@H]2CC[C@@H]1C2)n1c(COc2ccccc2F)nnc1SC[C@H](O)c1ccccc1. The van der Waals surface area contributed by atoms with Gasteiger partial charge >= 0.3 is 0 Å². The van der Waals surface area contributed by atoms with Gasteiger partial charge in [-0.3, -0.25) is 4.57 Å². The molecule has 2 bridgehead atoms. The summed E-state index contributed by atoms with van der Waals surface area (Å²) in [6.45, 7) is 2.40. The number of hydrogen-bond donors (Lipinski definition) is 1. The van der Waals surface area contributed by atoms with Crippen LogP contribution in [0.15, 0.2) is 59.8 Å². The van der Waals surface area contributed by atoms with Gasteiger partial charge in [0.05, 0.1) is 6.10 Å². The maximum atomic E-state index is 14.1. The van der Waals surface area contributed by atoms with Crippen molar-refractivity contribution in [2.45, 2.75) is 56.5 Å². The lowest BCUT2D eigenvalue weighted by atomic mass is 9.84. The lowest BCUT2D eigenvalue weighted by Crippen LogP contribution is -2.24. The topological polar surface area (TPSA) is 60.2 Å². The molecule has 0 spiro atoms. The normalized spacial score (nSPS) is 23.5. The molecule has 2 fully saturated rings. The highest BCUT2D eigenvalue weighted by molar-refractivity contribution is 7.99. The van der Waals surface area contributed by atoms with Crippen LogP contribution >= 0.6 is 11.8 Å². The molecule has 1 heterocycles. The van der Waals surface area contributed by atoms with Crippen LogP contribution in [0.3, 0.4) is 0 Å². The van der Waals surface area contributed by atoms with Crippen molar-refractivity contribution in [3.8, 4) is 5.75 Å². The number of ether oxygens (including phenoxy) is 1. The molecule has 5 atom stereocenters. The lowest BCUT2D eigenvalue weighted by molar-refractivity contribution is 0.203. The van der Waals surface area contributed by atoms with E-state index in [4.69, 9.17) is 4.74 Å². The summed E-state index contributed by atoms with van der Waals surface area (Å²) in [6, 6.07) is 16.3. The zero-order valence-electron chi connectivity index (χ0n) is 18.8. The minimum atomic E-state index is -0.586. The quantitative estimate of drug-likeness (QED) is 0.402. The third kappa shape index (κ3) is 4.80. The Hall–Kier alpha value is -2.38. The van der Waals surface area contributed by atoms with E-state index in [9.17, 15) is 9.50 Å². The highest BCUT2D eigenvalue weighted by Gasteiger charge is 2.43. The Labute approximate surface area is 198 Å². The van der Waals surface area contributed by atoms with Crippen molar-refractivity contribution in [2.75, 3.05) is 5.75 Å². The maximum Gasteiger partial charge on any atom is 0.191 e. The summed E-state index contributed by atoms with van der Waals surface area (Å²) in [6.07, 6.45) is 4.64. The molecule has 0 unspecified atom stereocenters. The van der Waals surface area contributed by atoms with Crippen molar-refractivity contribution >= 4 is 11.8 Å². The molecule has 2 aliphatic rings. The molecule has 174 valence electrons. The van der Waals surface area contributed by atoms with Crippen molar-refractivity contribution in [1.82, 2.24) is 14.8 Å². The van der Waals surface area contributed by atoms with Crippen LogP contribution in [0.2, 0.25) is 0 Å². The predicted octanol–water partition coefficient (Wildman–Crippen LogP) is 5.82. The number of thioether (sulfide) groups is 1. The molecule has 2 saturated carbocycles. The number of halogens is 1. The fraction of sp³-hybridized carbons (Fsp3) is 0.462. The highest BCUT2D eigenvalue weighted by Crippen LogP contribution is 2.52. The second-order valence-corrected chi connectivity index (χ2v) is 10.3. The van der Waals surface area contributed by atoms with E-state index in [-0.39, 0.29) is 24.2 Å². The molecule has 3 aromatic rings. The highest BCUT2D eigenvalue weighted by atomic mass is 32.2. The predicted molar refractivity (Wildman–Crippen MR) is 127 cm³/mol. The average Bonchev–Trinajstić information content (AvgIpc) is 3.58. The van der Waals surface area contributed by atoms with E-state index in [2.05, 4.69) is 21.7 Å². The molecule has 7 heteroatoms. The van der Waals surface area contributed by atoms with Crippen LogP contribution in [0, 0.1) is 23.6 Å². The van der Waals surface area contributed by atoms with Gasteiger partial charge in [0.15, 0.2) is 22.5 Å². The summed E-state index contributed by atoms with van der Waals surface area (Å²) in [5, 5.41) is 20.3. The number of aromatic nitrogens is 3. The molecule has 5 nitrogen and oxygen atoms in total. The van der Waals surface area contributed by atoms with E-state index in [0.717, 1.165) is 22.6 Å². The van der Waals surface area contributed by atoms with E-state index in [1.165, 1.54) is 43.5 Å².